The van der Waals surface area contributed by atoms with Gasteiger partial charge in [-0.15, -0.1) is 0 Å². The summed E-state index contributed by atoms with van der Waals surface area (Å²) in [6, 6.07) is 7.63. The number of hydrogen-bond acceptors (Lipinski definition) is 3. The maximum atomic E-state index is 12.8. The van der Waals surface area contributed by atoms with Crippen molar-refractivity contribution >= 4 is 11.6 Å². The fourth-order valence-corrected chi connectivity index (χ4v) is 2.69. The monoisotopic (exact) mass is 275 g/mol. The number of nitrogens with zero attached hydrogens (tertiary/aromatic N) is 2. The molecule has 4 heteroatoms. The molecule has 0 aliphatic carbocycles. The molecule has 1 fully saturated rings. The van der Waals surface area contributed by atoms with Gasteiger partial charge in [0.2, 0.25) is 5.91 Å². The van der Waals surface area contributed by atoms with E-state index < -0.39 is 5.41 Å². The maximum absolute atomic E-state index is 12.8. The van der Waals surface area contributed by atoms with Crippen LogP contribution < -0.4 is 5.73 Å². The van der Waals surface area contributed by atoms with Crippen LogP contribution in [0, 0.1) is 0 Å². The van der Waals surface area contributed by atoms with Crippen molar-refractivity contribution in [3.63, 3.8) is 0 Å². The van der Waals surface area contributed by atoms with Crippen LogP contribution in [0.4, 0.5) is 5.69 Å². The highest BCUT2D eigenvalue weighted by Gasteiger charge is 2.34. The Morgan fingerprint density at radius 3 is 2.20 bits per heavy atom. The third-order valence-electron chi connectivity index (χ3n) is 4.27. The van der Waals surface area contributed by atoms with Gasteiger partial charge in [-0.05, 0) is 38.1 Å². The first-order valence-corrected chi connectivity index (χ1v) is 7.33. The number of rotatable bonds is 3. The highest BCUT2D eigenvalue weighted by molar-refractivity contribution is 5.87. The molecule has 2 N–H and O–H groups in total. The molecule has 0 radical (unpaired) electrons. The molecule has 1 heterocycles. The van der Waals surface area contributed by atoms with Crippen molar-refractivity contribution in [3.8, 4) is 0 Å². The van der Waals surface area contributed by atoms with Crippen LogP contribution in [0.1, 0.15) is 26.3 Å². The van der Waals surface area contributed by atoms with Crippen molar-refractivity contribution in [2.75, 3.05) is 38.5 Å². The molecule has 1 aliphatic heterocycles. The predicted octanol–water partition coefficient (Wildman–Crippen LogP) is 1.71. The molecule has 1 saturated heterocycles. The first-order chi connectivity index (χ1) is 9.45. The lowest BCUT2D eigenvalue weighted by Crippen LogP contribution is -2.53. The van der Waals surface area contributed by atoms with Crippen LogP contribution in [0.15, 0.2) is 24.3 Å². The van der Waals surface area contributed by atoms with E-state index >= 15 is 0 Å². The second-order valence-electron chi connectivity index (χ2n) is 5.97. The van der Waals surface area contributed by atoms with Crippen molar-refractivity contribution in [1.82, 2.24) is 9.80 Å². The molecule has 110 valence electrons. The summed E-state index contributed by atoms with van der Waals surface area (Å²) in [6.45, 7) is 10.8. The standard InChI is InChI=1S/C16H25N3O/c1-4-18-9-11-19(12-10-18)15(20)16(2,3)13-5-7-14(17)8-6-13/h5-8H,4,9-12,17H2,1-3H3. The van der Waals surface area contributed by atoms with Gasteiger partial charge in [0.05, 0.1) is 5.41 Å². The molecule has 1 aliphatic rings. The lowest BCUT2D eigenvalue weighted by atomic mass is 9.83. The van der Waals surface area contributed by atoms with E-state index in [2.05, 4.69) is 11.8 Å². The van der Waals surface area contributed by atoms with Gasteiger partial charge in [0, 0.05) is 31.9 Å². The number of benzene rings is 1. The third kappa shape index (κ3) is 2.96. The molecule has 0 atom stereocenters. The molecule has 0 bridgehead atoms. The van der Waals surface area contributed by atoms with Crippen LogP contribution in [-0.2, 0) is 10.2 Å². The maximum Gasteiger partial charge on any atom is 0.232 e. The molecular weight excluding hydrogens is 250 g/mol. The second-order valence-corrected chi connectivity index (χ2v) is 5.97. The second kappa shape index (κ2) is 5.83. The molecule has 1 aromatic carbocycles. The summed E-state index contributed by atoms with van der Waals surface area (Å²) in [5, 5.41) is 0. The Morgan fingerprint density at radius 1 is 1.15 bits per heavy atom. The molecule has 4 nitrogen and oxygen atoms in total. The lowest BCUT2D eigenvalue weighted by molar-refractivity contribution is -0.138. The van der Waals surface area contributed by atoms with Crippen LogP contribution in [0.3, 0.4) is 0 Å². The summed E-state index contributed by atoms with van der Waals surface area (Å²) in [5.41, 5.74) is 6.97. The van der Waals surface area contributed by atoms with Gasteiger partial charge in [-0.25, -0.2) is 0 Å². The Labute approximate surface area is 121 Å². The zero-order valence-corrected chi connectivity index (χ0v) is 12.7. The number of likely N-dealkylation sites (N-methyl/N-ethyl adjacent to an activating group) is 1. The number of carbonyl (C=O) groups excluding carboxylic acids is 1. The Bertz CT molecular complexity index is 459. The molecule has 1 amide bonds. The Morgan fingerprint density at radius 2 is 1.70 bits per heavy atom. The minimum atomic E-state index is -0.498. The lowest BCUT2D eigenvalue weighted by Gasteiger charge is -2.38. The summed E-state index contributed by atoms with van der Waals surface area (Å²) < 4.78 is 0. The fraction of sp³-hybridized carbons (Fsp3) is 0.562. The van der Waals surface area contributed by atoms with Crippen molar-refractivity contribution < 1.29 is 4.79 Å². The molecule has 0 saturated carbocycles. The number of anilines is 1. The number of piperazine rings is 1. The smallest absolute Gasteiger partial charge is 0.232 e. The molecular formula is C16H25N3O. The van der Waals surface area contributed by atoms with Gasteiger partial charge >= 0.3 is 0 Å². The quantitative estimate of drug-likeness (QED) is 0.854. The number of nitrogens with two attached hydrogens (primary N) is 1. The zero-order valence-electron chi connectivity index (χ0n) is 12.7. The van der Waals surface area contributed by atoms with E-state index in [1.54, 1.807) is 0 Å². The van der Waals surface area contributed by atoms with Gasteiger partial charge < -0.3 is 15.5 Å². The number of amides is 1. The molecule has 2 rings (SSSR count). The molecule has 0 unspecified atom stereocenters. The van der Waals surface area contributed by atoms with Crippen molar-refractivity contribution in [1.29, 1.82) is 0 Å². The largest absolute Gasteiger partial charge is 0.399 e. The van der Waals surface area contributed by atoms with E-state index in [1.807, 2.05) is 43.0 Å². The molecule has 1 aromatic rings. The summed E-state index contributed by atoms with van der Waals surface area (Å²) in [5.74, 6) is 0.207. The highest BCUT2D eigenvalue weighted by Crippen LogP contribution is 2.27. The minimum Gasteiger partial charge on any atom is -0.399 e. The molecule has 0 spiro atoms. The molecule has 20 heavy (non-hydrogen) atoms. The normalized spacial score (nSPS) is 17.2. The van der Waals surface area contributed by atoms with Gasteiger partial charge in [0.25, 0.3) is 0 Å². The highest BCUT2D eigenvalue weighted by atomic mass is 16.2. The van der Waals surface area contributed by atoms with Crippen LogP contribution in [0.2, 0.25) is 0 Å². The Hall–Kier alpha value is -1.55. The third-order valence-corrected chi connectivity index (χ3v) is 4.27. The summed E-state index contributed by atoms with van der Waals surface area (Å²) in [7, 11) is 0. The van der Waals surface area contributed by atoms with Crippen molar-refractivity contribution in [2.45, 2.75) is 26.2 Å². The van der Waals surface area contributed by atoms with Gasteiger partial charge in [-0.3, -0.25) is 4.79 Å². The van der Waals surface area contributed by atoms with Crippen molar-refractivity contribution in [2.24, 2.45) is 0 Å². The first kappa shape index (κ1) is 14.9. The number of carbonyl (C=O) groups is 1. The number of hydrogen-bond donors (Lipinski definition) is 1. The number of nitrogen functional groups attached to an aromatic ring is 1. The zero-order chi connectivity index (χ0) is 14.8. The van der Waals surface area contributed by atoms with Crippen LogP contribution in [0.5, 0.6) is 0 Å². The Kier molecular flexibility index (Phi) is 4.33. The predicted molar refractivity (Wildman–Crippen MR) is 82.6 cm³/mol. The first-order valence-electron chi connectivity index (χ1n) is 7.33. The van der Waals surface area contributed by atoms with Gasteiger partial charge in [-0.1, -0.05) is 19.1 Å². The van der Waals surface area contributed by atoms with Crippen LogP contribution in [-0.4, -0.2) is 48.4 Å². The minimum absolute atomic E-state index is 0.207. The van der Waals surface area contributed by atoms with Gasteiger partial charge in [-0.2, -0.15) is 0 Å². The SMILES string of the molecule is CCN1CCN(C(=O)C(C)(C)c2ccc(N)cc2)CC1. The van der Waals surface area contributed by atoms with E-state index in [9.17, 15) is 4.79 Å². The average molecular weight is 275 g/mol. The fourth-order valence-electron chi connectivity index (χ4n) is 2.69. The van der Waals surface area contributed by atoms with E-state index in [1.165, 1.54) is 0 Å². The van der Waals surface area contributed by atoms with Crippen LogP contribution >= 0.6 is 0 Å². The summed E-state index contributed by atoms with van der Waals surface area (Å²) >= 11 is 0. The van der Waals surface area contributed by atoms with E-state index in [0.29, 0.717) is 0 Å². The van der Waals surface area contributed by atoms with Gasteiger partial charge in [0.15, 0.2) is 0 Å². The average Bonchev–Trinajstić information content (AvgIpc) is 2.47. The van der Waals surface area contributed by atoms with Gasteiger partial charge in [0.1, 0.15) is 0 Å². The summed E-state index contributed by atoms with van der Waals surface area (Å²) in [6.07, 6.45) is 0. The van der Waals surface area contributed by atoms with Crippen molar-refractivity contribution in [3.05, 3.63) is 29.8 Å². The van der Waals surface area contributed by atoms with E-state index in [-0.39, 0.29) is 5.91 Å². The van der Waals surface area contributed by atoms with E-state index in [0.717, 1.165) is 44.0 Å². The Balaban J connectivity index is 2.09. The summed E-state index contributed by atoms with van der Waals surface area (Å²) in [4.78, 5) is 17.1. The topological polar surface area (TPSA) is 49.6 Å². The molecule has 0 aromatic heterocycles. The van der Waals surface area contributed by atoms with Crippen LogP contribution in [0.25, 0.3) is 0 Å². The van der Waals surface area contributed by atoms with E-state index in [4.69, 9.17) is 5.73 Å².